The van der Waals surface area contributed by atoms with Crippen molar-refractivity contribution in [2.45, 2.75) is 6.92 Å². The van der Waals surface area contributed by atoms with Gasteiger partial charge >= 0.3 is 0 Å². The van der Waals surface area contributed by atoms with Crippen LogP contribution in [0.1, 0.15) is 17.3 Å². The lowest BCUT2D eigenvalue weighted by atomic mass is 10.2. The monoisotopic (exact) mass is 331 g/mol. The maximum atomic E-state index is 11.8. The van der Waals surface area contributed by atoms with Gasteiger partial charge < -0.3 is 10.1 Å². The Kier molecular flexibility index (Phi) is 6.39. The summed E-state index contributed by atoms with van der Waals surface area (Å²) in [6.07, 6.45) is 0. The normalized spacial score (nSPS) is 10.2. The van der Waals surface area contributed by atoms with Crippen molar-refractivity contribution in [3.05, 3.63) is 45.4 Å². The van der Waals surface area contributed by atoms with E-state index in [9.17, 15) is 4.79 Å². The summed E-state index contributed by atoms with van der Waals surface area (Å²) >= 11 is 9.16. The van der Waals surface area contributed by atoms with E-state index in [1.807, 2.05) is 6.92 Å². The predicted molar refractivity (Wildman–Crippen MR) is 77.1 cm³/mol. The number of carbonyl (C=O) groups is 1. The van der Waals surface area contributed by atoms with Crippen LogP contribution in [0.5, 0.6) is 0 Å². The molecule has 1 aromatic rings. The summed E-state index contributed by atoms with van der Waals surface area (Å²) in [6, 6.07) is 5.07. The third-order valence-corrected chi connectivity index (χ3v) is 2.68. The van der Waals surface area contributed by atoms with Crippen LogP contribution in [-0.4, -0.2) is 25.7 Å². The fourth-order valence-electron chi connectivity index (χ4n) is 1.27. The summed E-state index contributed by atoms with van der Waals surface area (Å²) in [7, 11) is 0. The van der Waals surface area contributed by atoms with Crippen LogP contribution < -0.4 is 5.32 Å². The molecule has 1 amide bonds. The molecule has 1 N–H and O–H groups in total. The van der Waals surface area contributed by atoms with E-state index in [1.165, 1.54) is 0 Å². The van der Waals surface area contributed by atoms with Crippen molar-refractivity contribution in [1.82, 2.24) is 5.32 Å². The second-order valence-electron chi connectivity index (χ2n) is 3.92. The Labute approximate surface area is 120 Å². The van der Waals surface area contributed by atoms with Crippen LogP contribution in [0.25, 0.3) is 0 Å². The SMILES string of the molecule is C=C(C)COCCNC(=O)c1cc(Cl)cc(Br)c1. The van der Waals surface area contributed by atoms with Crippen LogP contribution >= 0.6 is 27.5 Å². The zero-order valence-electron chi connectivity index (χ0n) is 10.1. The van der Waals surface area contributed by atoms with Crippen LogP contribution in [-0.2, 0) is 4.74 Å². The Bertz CT molecular complexity index is 428. The molecule has 0 atom stereocenters. The molecule has 18 heavy (non-hydrogen) atoms. The number of hydrogen-bond acceptors (Lipinski definition) is 2. The number of ether oxygens (including phenoxy) is 1. The largest absolute Gasteiger partial charge is 0.375 e. The lowest BCUT2D eigenvalue weighted by Crippen LogP contribution is -2.27. The van der Waals surface area contributed by atoms with Gasteiger partial charge in [0.1, 0.15) is 0 Å². The summed E-state index contributed by atoms with van der Waals surface area (Å²) in [4.78, 5) is 11.8. The molecule has 5 heteroatoms. The molecule has 0 bridgehead atoms. The molecule has 0 aliphatic carbocycles. The van der Waals surface area contributed by atoms with Crippen LogP contribution in [0, 0.1) is 0 Å². The molecule has 1 aromatic carbocycles. The van der Waals surface area contributed by atoms with Gasteiger partial charge in [-0.05, 0) is 25.1 Å². The summed E-state index contributed by atoms with van der Waals surface area (Å²) in [6.45, 7) is 7.04. The van der Waals surface area contributed by atoms with E-state index in [4.69, 9.17) is 16.3 Å². The molecule has 0 aliphatic rings. The minimum Gasteiger partial charge on any atom is -0.375 e. The first-order valence-corrected chi connectivity index (χ1v) is 6.62. The van der Waals surface area contributed by atoms with Crippen molar-refractivity contribution in [2.75, 3.05) is 19.8 Å². The average molecular weight is 333 g/mol. The maximum Gasteiger partial charge on any atom is 0.251 e. The highest BCUT2D eigenvalue weighted by atomic mass is 79.9. The molecule has 0 saturated heterocycles. The molecule has 0 spiro atoms. The molecule has 0 aliphatic heterocycles. The van der Waals surface area contributed by atoms with Gasteiger partial charge in [0.25, 0.3) is 5.91 Å². The molecule has 0 fully saturated rings. The molecule has 0 saturated carbocycles. The van der Waals surface area contributed by atoms with Crippen LogP contribution in [0.15, 0.2) is 34.8 Å². The number of rotatable bonds is 6. The van der Waals surface area contributed by atoms with E-state index in [2.05, 4.69) is 27.8 Å². The van der Waals surface area contributed by atoms with Crippen molar-refractivity contribution in [3.8, 4) is 0 Å². The number of carbonyl (C=O) groups excluding carboxylic acids is 1. The Balaban J connectivity index is 2.38. The maximum absolute atomic E-state index is 11.8. The molecule has 0 radical (unpaired) electrons. The number of amides is 1. The van der Waals surface area contributed by atoms with Gasteiger partial charge in [0.05, 0.1) is 13.2 Å². The molecule has 1 rings (SSSR count). The van der Waals surface area contributed by atoms with E-state index in [1.54, 1.807) is 18.2 Å². The first kappa shape index (κ1) is 15.2. The van der Waals surface area contributed by atoms with Crippen molar-refractivity contribution in [1.29, 1.82) is 0 Å². The van der Waals surface area contributed by atoms with Crippen molar-refractivity contribution in [2.24, 2.45) is 0 Å². The van der Waals surface area contributed by atoms with E-state index < -0.39 is 0 Å². The Morgan fingerprint density at radius 1 is 1.50 bits per heavy atom. The standard InChI is InChI=1S/C13H15BrClNO2/c1-9(2)8-18-4-3-16-13(17)10-5-11(14)7-12(15)6-10/h5-7H,1,3-4,8H2,2H3,(H,16,17). The van der Waals surface area contributed by atoms with Gasteiger partial charge in [-0.15, -0.1) is 0 Å². The zero-order chi connectivity index (χ0) is 13.5. The molecule has 3 nitrogen and oxygen atoms in total. The molecule has 0 heterocycles. The first-order valence-electron chi connectivity index (χ1n) is 5.45. The summed E-state index contributed by atoms with van der Waals surface area (Å²) in [5.41, 5.74) is 1.48. The van der Waals surface area contributed by atoms with Crippen LogP contribution in [0.3, 0.4) is 0 Å². The number of benzene rings is 1. The van der Waals surface area contributed by atoms with Crippen molar-refractivity contribution in [3.63, 3.8) is 0 Å². The molecule has 98 valence electrons. The highest BCUT2D eigenvalue weighted by Crippen LogP contribution is 2.19. The topological polar surface area (TPSA) is 38.3 Å². The molecular formula is C13H15BrClNO2. The van der Waals surface area contributed by atoms with Gasteiger partial charge in [0, 0.05) is 21.6 Å². The lowest BCUT2D eigenvalue weighted by molar-refractivity contribution is 0.0926. The highest BCUT2D eigenvalue weighted by molar-refractivity contribution is 9.10. The van der Waals surface area contributed by atoms with Crippen molar-refractivity contribution >= 4 is 33.4 Å². The average Bonchev–Trinajstić information content (AvgIpc) is 2.26. The number of nitrogens with one attached hydrogen (secondary N) is 1. The Morgan fingerprint density at radius 3 is 2.83 bits per heavy atom. The molecule has 0 unspecified atom stereocenters. The zero-order valence-corrected chi connectivity index (χ0v) is 12.5. The fourth-order valence-corrected chi connectivity index (χ4v) is 2.13. The van der Waals surface area contributed by atoms with Crippen LogP contribution in [0.2, 0.25) is 5.02 Å². The third-order valence-electron chi connectivity index (χ3n) is 2.01. The Morgan fingerprint density at radius 2 is 2.22 bits per heavy atom. The minimum atomic E-state index is -0.169. The predicted octanol–water partition coefficient (Wildman–Crippen LogP) is 3.43. The molecule has 0 aromatic heterocycles. The van der Waals surface area contributed by atoms with Crippen LogP contribution in [0.4, 0.5) is 0 Å². The van der Waals surface area contributed by atoms with Gasteiger partial charge in [-0.3, -0.25) is 4.79 Å². The summed E-state index contributed by atoms with van der Waals surface area (Å²) < 4.78 is 6.06. The molecular weight excluding hydrogens is 318 g/mol. The van der Waals surface area contributed by atoms with Crippen molar-refractivity contribution < 1.29 is 9.53 Å². The van der Waals surface area contributed by atoms with E-state index in [-0.39, 0.29) is 5.91 Å². The van der Waals surface area contributed by atoms with E-state index in [0.29, 0.717) is 30.3 Å². The summed E-state index contributed by atoms with van der Waals surface area (Å²) in [5, 5.41) is 3.28. The summed E-state index contributed by atoms with van der Waals surface area (Å²) in [5.74, 6) is -0.169. The Hall–Kier alpha value is -0.840. The highest BCUT2D eigenvalue weighted by Gasteiger charge is 2.06. The van der Waals surface area contributed by atoms with Gasteiger partial charge in [-0.1, -0.05) is 39.7 Å². The second-order valence-corrected chi connectivity index (χ2v) is 5.28. The first-order chi connectivity index (χ1) is 8.49. The fraction of sp³-hybridized carbons (Fsp3) is 0.308. The van der Waals surface area contributed by atoms with E-state index >= 15 is 0 Å². The second kappa shape index (κ2) is 7.56. The smallest absolute Gasteiger partial charge is 0.251 e. The van der Waals surface area contributed by atoms with Gasteiger partial charge in [0.2, 0.25) is 0 Å². The van der Waals surface area contributed by atoms with Gasteiger partial charge in [-0.25, -0.2) is 0 Å². The quantitative estimate of drug-likeness (QED) is 0.640. The number of halogens is 2. The third kappa shape index (κ3) is 5.67. The minimum absolute atomic E-state index is 0.169. The van der Waals surface area contributed by atoms with Gasteiger partial charge in [0.15, 0.2) is 0 Å². The lowest BCUT2D eigenvalue weighted by Gasteiger charge is -2.07. The van der Waals surface area contributed by atoms with E-state index in [0.717, 1.165) is 10.0 Å². The van der Waals surface area contributed by atoms with Gasteiger partial charge in [-0.2, -0.15) is 0 Å². The number of hydrogen-bond donors (Lipinski definition) is 1.